The second-order valence-electron chi connectivity index (χ2n) is 6.45. The number of aromatic nitrogens is 2. The van der Waals surface area contributed by atoms with E-state index in [1.807, 2.05) is 0 Å². The summed E-state index contributed by atoms with van der Waals surface area (Å²) in [6.45, 7) is 1.62. The maximum absolute atomic E-state index is 11.7. The third-order valence-electron chi connectivity index (χ3n) is 4.96. The van der Waals surface area contributed by atoms with Crippen LogP contribution in [0.1, 0.15) is 43.7 Å². The summed E-state index contributed by atoms with van der Waals surface area (Å²) in [5.41, 5.74) is 1.13. The van der Waals surface area contributed by atoms with Crippen molar-refractivity contribution in [3.63, 3.8) is 0 Å². The molecule has 2 heterocycles. The van der Waals surface area contributed by atoms with Crippen LogP contribution in [-0.4, -0.2) is 55.1 Å². The Bertz CT molecular complexity index is 630. The van der Waals surface area contributed by atoms with Crippen LogP contribution in [0.3, 0.4) is 0 Å². The monoisotopic (exact) mass is 324 g/mol. The van der Waals surface area contributed by atoms with Gasteiger partial charge < -0.3 is 4.90 Å². The molecule has 1 unspecified atom stereocenters. The van der Waals surface area contributed by atoms with Crippen molar-refractivity contribution < 1.29 is 8.42 Å². The Balaban J connectivity index is 1.74. The minimum Gasteiger partial charge on any atom is -0.355 e. The fourth-order valence-electron chi connectivity index (χ4n) is 3.19. The fourth-order valence-corrected chi connectivity index (χ4v) is 3.91. The van der Waals surface area contributed by atoms with Gasteiger partial charge in [-0.1, -0.05) is 6.42 Å². The zero-order valence-corrected chi connectivity index (χ0v) is 14.1. The van der Waals surface area contributed by atoms with Crippen LogP contribution in [0, 0.1) is 0 Å². The quantitative estimate of drug-likeness (QED) is 0.842. The van der Waals surface area contributed by atoms with Crippen molar-refractivity contribution in [2.24, 2.45) is 0 Å². The van der Waals surface area contributed by atoms with Gasteiger partial charge in [-0.25, -0.2) is 22.7 Å². The number of anilines is 1. The molecule has 0 radical (unpaired) electrons. The zero-order valence-electron chi connectivity index (χ0n) is 13.3. The Morgan fingerprint density at radius 1 is 1.23 bits per heavy atom. The van der Waals surface area contributed by atoms with Crippen LogP contribution in [0.2, 0.25) is 0 Å². The lowest BCUT2D eigenvalue weighted by Gasteiger charge is -2.37. The topological polar surface area (TPSA) is 66.4 Å². The molecule has 3 rings (SSSR count). The number of sulfonamides is 1. The molecule has 0 spiro atoms. The molecule has 122 valence electrons. The molecule has 1 aliphatic heterocycles. The summed E-state index contributed by atoms with van der Waals surface area (Å²) in [7, 11) is -1.48. The molecule has 1 atom stereocenters. The Hall–Kier alpha value is -1.21. The average molecular weight is 324 g/mol. The highest BCUT2D eigenvalue weighted by atomic mass is 32.2. The first kappa shape index (κ1) is 15.7. The summed E-state index contributed by atoms with van der Waals surface area (Å²) in [5.74, 6) is 1.52. The predicted octanol–water partition coefficient (Wildman–Crippen LogP) is 1.60. The van der Waals surface area contributed by atoms with Gasteiger partial charge >= 0.3 is 0 Å². The van der Waals surface area contributed by atoms with Gasteiger partial charge in [0.2, 0.25) is 10.0 Å². The van der Waals surface area contributed by atoms with Gasteiger partial charge in [-0.2, -0.15) is 0 Å². The fraction of sp³-hybridized carbons (Fsp3) is 0.733. The molecular weight excluding hydrogens is 300 g/mol. The van der Waals surface area contributed by atoms with Crippen molar-refractivity contribution in [1.29, 1.82) is 0 Å². The molecule has 1 aromatic heterocycles. The van der Waals surface area contributed by atoms with Gasteiger partial charge in [0.05, 0.1) is 6.26 Å². The molecule has 22 heavy (non-hydrogen) atoms. The van der Waals surface area contributed by atoms with Gasteiger partial charge in [0, 0.05) is 43.9 Å². The van der Waals surface area contributed by atoms with Gasteiger partial charge in [-0.3, -0.25) is 0 Å². The predicted molar refractivity (Wildman–Crippen MR) is 86.5 cm³/mol. The highest BCUT2D eigenvalue weighted by Crippen LogP contribution is 2.36. The standard InChI is InChI=1S/C15H24N4O2S/c1-18(22(2,20)21)13-7-4-8-19(10-13)15-9-14(16-11-17-15)12-5-3-6-12/h9,11-13H,3-8,10H2,1-2H3. The van der Waals surface area contributed by atoms with E-state index in [1.54, 1.807) is 13.4 Å². The van der Waals surface area contributed by atoms with Gasteiger partial charge in [0.15, 0.2) is 0 Å². The van der Waals surface area contributed by atoms with Crippen molar-refractivity contribution in [2.45, 2.75) is 44.1 Å². The van der Waals surface area contributed by atoms with Crippen molar-refractivity contribution in [2.75, 3.05) is 31.3 Å². The number of nitrogens with zero attached hydrogens (tertiary/aromatic N) is 4. The summed E-state index contributed by atoms with van der Waals surface area (Å²) < 4.78 is 25.0. The Kier molecular flexibility index (Phi) is 4.36. The molecule has 1 saturated heterocycles. The van der Waals surface area contributed by atoms with E-state index in [2.05, 4.69) is 20.9 Å². The van der Waals surface area contributed by atoms with Crippen LogP contribution in [0.4, 0.5) is 5.82 Å². The minimum atomic E-state index is -3.15. The van der Waals surface area contributed by atoms with Crippen LogP contribution in [0.15, 0.2) is 12.4 Å². The maximum atomic E-state index is 11.7. The van der Waals surface area contributed by atoms with Crippen molar-refractivity contribution in [3.8, 4) is 0 Å². The Morgan fingerprint density at radius 3 is 2.64 bits per heavy atom. The minimum absolute atomic E-state index is 0.0193. The number of hydrogen-bond donors (Lipinski definition) is 0. The molecular formula is C15H24N4O2S. The molecule has 1 aromatic rings. The first-order valence-corrected chi connectivity index (χ1v) is 9.80. The van der Waals surface area contributed by atoms with E-state index in [9.17, 15) is 8.42 Å². The second kappa shape index (κ2) is 6.12. The Morgan fingerprint density at radius 2 is 2.00 bits per heavy atom. The number of likely N-dealkylation sites (N-methyl/N-ethyl adjacent to an activating group) is 1. The first-order chi connectivity index (χ1) is 10.4. The van der Waals surface area contributed by atoms with E-state index < -0.39 is 10.0 Å². The van der Waals surface area contributed by atoms with Crippen LogP contribution < -0.4 is 4.90 Å². The van der Waals surface area contributed by atoms with E-state index in [1.165, 1.54) is 29.8 Å². The van der Waals surface area contributed by atoms with Crippen molar-refractivity contribution in [3.05, 3.63) is 18.1 Å². The Labute approximate surface area is 132 Å². The van der Waals surface area contributed by atoms with Crippen LogP contribution in [-0.2, 0) is 10.0 Å². The average Bonchev–Trinajstić information content (AvgIpc) is 2.44. The normalized spacial score (nSPS) is 23.6. The molecule has 1 saturated carbocycles. The van der Waals surface area contributed by atoms with Crippen molar-refractivity contribution in [1.82, 2.24) is 14.3 Å². The molecule has 6 nitrogen and oxygen atoms in total. The van der Waals surface area contributed by atoms with Gasteiger partial charge in [0.25, 0.3) is 0 Å². The summed E-state index contributed by atoms with van der Waals surface area (Å²) in [5, 5.41) is 0. The lowest BCUT2D eigenvalue weighted by Crippen LogP contribution is -2.48. The van der Waals surface area contributed by atoms with E-state index >= 15 is 0 Å². The van der Waals surface area contributed by atoms with E-state index in [0.717, 1.165) is 30.9 Å². The molecule has 1 aliphatic carbocycles. The molecule has 2 aliphatic rings. The summed E-state index contributed by atoms with van der Waals surface area (Å²) in [6.07, 6.45) is 8.52. The van der Waals surface area contributed by atoms with Gasteiger partial charge in [-0.15, -0.1) is 0 Å². The van der Waals surface area contributed by atoms with Crippen LogP contribution >= 0.6 is 0 Å². The highest BCUT2D eigenvalue weighted by Gasteiger charge is 2.29. The summed E-state index contributed by atoms with van der Waals surface area (Å²) in [6, 6.07) is 2.11. The van der Waals surface area contributed by atoms with Crippen molar-refractivity contribution >= 4 is 15.8 Å². The lowest BCUT2D eigenvalue weighted by atomic mass is 9.83. The third kappa shape index (κ3) is 3.25. The van der Waals surface area contributed by atoms with E-state index in [-0.39, 0.29) is 6.04 Å². The van der Waals surface area contributed by atoms with E-state index in [4.69, 9.17) is 0 Å². The largest absolute Gasteiger partial charge is 0.355 e. The smallest absolute Gasteiger partial charge is 0.211 e. The number of piperidine rings is 1. The summed E-state index contributed by atoms with van der Waals surface area (Å²) in [4.78, 5) is 11.0. The lowest BCUT2D eigenvalue weighted by molar-refractivity contribution is 0.321. The summed E-state index contributed by atoms with van der Waals surface area (Å²) >= 11 is 0. The first-order valence-electron chi connectivity index (χ1n) is 7.95. The van der Waals surface area contributed by atoms with Crippen LogP contribution in [0.5, 0.6) is 0 Å². The molecule has 0 bridgehead atoms. The molecule has 0 amide bonds. The maximum Gasteiger partial charge on any atom is 0.211 e. The zero-order chi connectivity index (χ0) is 15.7. The second-order valence-corrected chi connectivity index (χ2v) is 8.49. The van der Waals surface area contributed by atoms with Crippen LogP contribution in [0.25, 0.3) is 0 Å². The number of rotatable bonds is 4. The molecule has 7 heteroatoms. The van der Waals surface area contributed by atoms with E-state index in [0.29, 0.717) is 12.5 Å². The molecule has 0 aromatic carbocycles. The molecule has 0 N–H and O–H groups in total. The number of hydrogen-bond acceptors (Lipinski definition) is 5. The van der Waals surface area contributed by atoms with Gasteiger partial charge in [0.1, 0.15) is 12.1 Å². The molecule has 2 fully saturated rings. The third-order valence-corrected chi connectivity index (χ3v) is 6.30. The highest BCUT2D eigenvalue weighted by molar-refractivity contribution is 7.88. The SMILES string of the molecule is CN(C1CCCN(c2cc(C3CCC3)ncn2)C1)S(C)(=O)=O. The van der Waals surface area contributed by atoms with Gasteiger partial charge in [-0.05, 0) is 25.7 Å².